The minimum Gasteiger partial charge on any atom is -0.494 e. The highest BCUT2D eigenvalue weighted by atomic mass is 79.9. The second kappa shape index (κ2) is 8.59. The van der Waals surface area contributed by atoms with Crippen molar-refractivity contribution in [2.75, 3.05) is 19.0 Å². The molecule has 0 amide bonds. The monoisotopic (exact) mass is 362 g/mol. The molecule has 22 heavy (non-hydrogen) atoms. The Hall–Kier alpha value is -1.81. The molecule has 0 radical (unpaired) electrons. The molecule has 0 aliphatic carbocycles. The van der Waals surface area contributed by atoms with Gasteiger partial charge in [-0.25, -0.2) is 4.79 Å². The van der Waals surface area contributed by atoms with Gasteiger partial charge in [-0.1, -0.05) is 40.2 Å². The number of methoxy groups -OCH3 is 1. The number of halogens is 1. The van der Waals surface area contributed by atoms with Gasteiger partial charge in [0.05, 0.1) is 19.3 Å². The van der Waals surface area contributed by atoms with Crippen LogP contribution in [-0.2, 0) is 4.74 Å². The lowest BCUT2D eigenvalue weighted by Crippen LogP contribution is -2.00. The topological polar surface area (TPSA) is 35.5 Å². The lowest BCUT2D eigenvalue weighted by atomic mass is 10.0. The first-order valence-corrected chi connectivity index (χ1v) is 8.34. The Morgan fingerprint density at radius 2 is 1.55 bits per heavy atom. The number of benzene rings is 2. The summed E-state index contributed by atoms with van der Waals surface area (Å²) in [5.74, 6) is 0.559. The molecule has 0 N–H and O–H groups in total. The van der Waals surface area contributed by atoms with E-state index in [4.69, 9.17) is 9.47 Å². The van der Waals surface area contributed by atoms with Crippen LogP contribution < -0.4 is 4.74 Å². The molecule has 2 aromatic carbocycles. The summed E-state index contributed by atoms with van der Waals surface area (Å²) >= 11 is 3.41. The Kier molecular flexibility index (Phi) is 6.46. The quantitative estimate of drug-likeness (QED) is 0.407. The largest absolute Gasteiger partial charge is 0.494 e. The van der Waals surface area contributed by atoms with E-state index in [1.54, 1.807) is 12.1 Å². The van der Waals surface area contributed by atoms with Crippen LogP contribution in [0.2, 0.25) is 0 Å². The molecule has 0 saturated carbocycles. The normalized spacial score (nSPS) is 10.3. The Balaban J connectivity index is 1.99. The second-order valence-electron chi connectivity index (χ2n) is 4.84. The van der Waals surface area contributed by atoms with Crippen molar-refractivity contribution < 1.29 is 14.3 Å². The van der Waals surface area contributed by atoms with Gasteiger partial charge in [0.1, 0.15) is 5.75 Å². The molecule has 0 heterocycles. The van der Waals surface area contributed by atoms with Crippen LogP contribution in [0.25, 0.3) is 11.1 Å². The molecule has 0 spiro atoms. The van der Waals surface area contributed by atoms with Gasteiger partial charge in [0.2, 0.25) is 0 Å². The maximum atomic E-state index is 11.4. The summed E-state index contributed by atoms with van der Waals surface area (Å²) in [5.41, 5.74) is 2.70. The van der Waals surface area contributed by atoms with E-state index < -0.39 is 0 Å². The molecule has 2 rings (SSSR count). The van der Waals surface area contributed by atoms with Gasteiger partial charge in [-0.05, 0) is 48.2 Å². The van der Waals surface area contributed by atoms with Gasteiger partial charge < -0.3 is 9.47 Å². The van der Waals surface area contributed by atoms with Crippen LogP contribution in [0.4, 0.5) is 0 Å². The van der Waals surface area contributed by atoms with Crippen molar-refractivity contribution in [3.63, 3.8) is 0 Å². The summed E-state index contributed by atoms with van der Waals surface area (Å²) in [7, 11) is 1.38. The molecule has 0 saturated heterocycles. The maximum Gasteiger partial charge on any atom is 0.337 e. The first-order valence-electron chi connectivity index (χ1n) is 7.22. The molecular weight excluding hydrogens is 344 g/mol. The van der Waals surface area contributed by atoms with Crippen LogP contribution in [-0.4, -0.2) is 25.0 Å². The molecule has 0 aromatic heterocycles. The number of carbonyl (C=O) groups excluding carboxylic acids is 1. The minimum absolute atomic E-state index is 0.321. The third kappa shape index (κ3) is 4.60. The number of hydrogen-bond donors (Lipinski definition) is 0. The first-order chi connectivity index (χ1) is 10.7. The molecule has 0 unspecified atom stereocenters. The van der Waals surface area contributed by atoms with E-state index in [9.17, 15) is 4.79 Å². The van der Waals surface area contributed by atoms with Gasteiger partial charge in [-0.15, -0.1) is 0 Å². The molecule has 2 aromatic rings. The summed E-state index contributed by atoms with van der Waals surface area (Å²) < 4.78 is 10.4. The van der Waals surface area contributed by atoms with Gasteiger partial charge in [-0.2, -0.15) is 0 Å². The number of rotatable bonds is 7. The van der Waals surface area contributed by atoms with Gasteiger partial charge in [0.25, 0.3) is 0 Å². The van der Waals surface area contributed by atoms with E-state index in [0.717, 1.165) is 41.7 Å². The minimum atomic E-state index is -0.321. The van der Waals surface area contributed by atoms with Crippen LogP contribution >= 0.6 is 15.9 Å². The molecule has 116 valence electrons. The van der Waals surface area contributed by atoms with E-state index in [1.165, 1.54) is 7.11 Å². The van der Waals surface area contributed by atoms with Crippen LogP contribution in [0.15, 0.2) is 48.5 Å². The third-order valence-corrected chi connectivity index (χ3v) is 3.85. The molecule has 0 atom stereocenters. The summed E-state index contributed by atoms with van der Waals surface area (Å²) in [6, 6.07) is 15.4. The fourth-order valence-corrected chi connectivity index (χ4v) is 2.44. The van der Waals surface area contributed by atoms with Gasteiger partial charge in [0, 0.05) is 5.33 Å². The van der Waals surface area contributed by atoms with Crippen molar-refractivity contribution in [3.8, 4) is 16.9 Å². The molecular formula is C18H19BrO3. The second-order valence-corrected chi connectivity index (χ2v) is 5.63. The van der Waals surface area contributed by atoms with E-state index in [-0.39, 0.29) is 5.97 Å². The summed E-state index contributed by atoms with van der Waals surface area (Å²) in [4.78, 5) is 11.4. The maximum absolute atomic E-state index is 11.4. The number of carbonyl (C=O) groups is 1. The molecule has 0 fully saturated rings. The summed E-state index contributed by atoms with van der Waals surface area (Å²) in [6.45, 7) is 0.735. The predicted octanol–water partition coefficient (Wildman–Crippen LogP) is 4.69. The van der Waals surface area contributed by atoms with Crippen molar-refractivity contribution in [1.29, 1.82) is 0 Å². The summed E-state index contributed by atoms with van der Waals surface area (Å²) in [5, 5.41) is 1.01. The van der Waals surface area contributed by atoms with Crippen LogP contribution in [0.3, 0.4) is 0 Å². The van der Waals surface area contributed by atoms with Crippen molar-refractivity contribution >= 4 is 21.9 Å². The Labute approximate surface area is 139 Å². The molecule has 0 bridgehead atoms. The van der Waals surface area contributed by atoms with Crippen LogP contribution in [0, 0.1) is 0 Å². The van der Waals surface area contributed by atoms with Gasteiger partial charge >= 0.3 is 5.97 Å². The van der Waals surface area contributed by atoms with Crippen molar-refractivity contribution in [3.05, 3.63) is 54.1 Å². The molecule has 0 aliphatic rings. The number of alkyl halides is 1. The van der Waals surface area contributed by atoms with Gasteiger partial charge in [-0.3, -0.25) is 0 Å². The zero-order chi connectivity index (χ0) is 15.8. The SMILES string of the molecule is COC(=O)c1ccc(-c2ccc(OCCCCBr)cc2)cc1. The number of esters is 1. The Morgan fingerprint density at radius 3 is 2.09 bits per heavy atom. The molecule has 4 heteroatoms. The zero-order valence-electron chi connectivity index (χ0n) is 12.5. The fraction of sp³-hybridized carbons (Fsp3) is 0.278. The molecule has 3 nitrogen and oxygen atoms in total. The molecule has 0 aliphatic heterocycles. The Bertz CT molecular complexity index is 591. The fourth-order valence-electron chi connectivity index (χ4n) is 2.05. The van der Waals surface area contributed by atoms with E-state index in [2.05, 4.69) is 15.9 Å². The van der Waals surface area contributed by atoms with Crippen LogP contribution in [0.5, 0.6) is 5.75 Å². The van der Waals surface area contributed by atoms with Gasteiger partial charge in [0.15, 0.2) is 0 Å². The van der Waals surface area contributed by atoms with E-state index >= 15 is 0 Å². The van der Waals surface area contributed by atoms with Crippen molar-refractivity contribution in [2.45, 2.75) is 12.8 Å². The summed E-state index contributed by atoms with van der Waals surface area (Å²) in [6.07, 6.45) is 2.16. The van der Waals surface area contributed by atoms with Crippen molar-refractivity contribution in [1.82, 2.24) is 0 Å². The lowest BCUT2D eigenvalue weighted by molar-refractivity contribution is 0.0601. The lowest BCUT2D eigenvalue weighted by Gasteiger charge is -2.07. The predicted molar refractivity (Wildman–Crippen MR) is 91.7 cm³/mol. The third-order valence-electron chi connectivity index (χ3n) is 3.29. The average molecular weight is 363 g/mol. The number of ether oxygens (including phenoxy) is 2. The first kappa shape index (κ1) is 16.6. The zero-order valence-corrected chi connectivity index (χ0v) is 14.1. The smallest absolute Gasteiger partial charge is 0.337 e. The number of unbranched alkanes of at least 4 members (excludes halogenated alkanes) is 1. The van der Waals surface area contributed by atoms with Crippen molar-refractivity contribution in [2.24, 2.45) is 0 Å². The highest BCUT2D eigenvalue weighted by molar-refractivity contribution is 9.09. The standard InChI is InChI=1S/C18H19BrO3/c1-21-18(20)16-6-4-14(5-7-16)15-8-10-17(11-9-15)22-13-3-2-12-19/h4-11H,2-3,12-13H2,1H3. The Morgan fingerprint density at radius 1 is 0.955 bits per heavy atom. The van der Waals surface area contributed by atoms with E-state index in [1.807, 2.05) is 36.4 Å². The highest BCUT2D eigenvalue weighted by Crippen LogP contribution is 2.23. The average Bonchev–Trinajstić information content (AvgIpc) is 2.59. The number of hydrogen-bond acceptors (Lipinski definition) is 3. The van der Waals surface area contributed by atoms with E-state index in [0.29, 0.717) is 5.56 Å². The van der Waals surface area contributed by atoms with Crippen LogP contribution in [0.1, 0.15) is 23.2 Å². The highest BCUT2D eigenvalue weighted by Gasteiger charge is 2.05.